The first-order valence-corrected chi connectivity index (χ1v) is 11.2. The van der Waals surface area contributed by atoms with Crippen molar-refractivity contribution in [2.45, 2.75) is 89.1 Å². The van der Waals surface area contributed by atoms with E-state index in [9.17, 15) is 14.0 Å². The Balaban J connectivity index is 1.48. The number of rotatable bonds is 3. The first-order chi connectivity index (χ1) is 14.1. The monoisotopic (exact) mass is 403 g/mol. The van der Waals surface area contributed by atoms with Crippen molar-refractivity contribution in [2.75, 3.05) is 11.4 Å². The quantitative estimate of drug-likeness (QED) is 0.754. The van der Waals surface area contributed by atoms with Gasteiger partial charge in [-0.1, -0.05) is 63.9 Å². The maximum atomic E-state index is 13.5. The fourth-order valence-corrected chi connectivity index (χ4v) is 4.42. The Kier molecular flexibility index (Phi) is 8.32. The number of nitrogens with zero attached hydrogens (tertiary/aromatic N) is 1. The number of carbonyl (C=O) groups excluding carboxylic acids is 2. The molecule has 1 aliphatic heterocycles. The van der Waals surface area contributed by atoms with Crippen molar-refractivity contribution in [3.8, 4) is 0 Å². The molecule has 1 heterocycles. The molecule has 0 unspecified atom stereocenters. The molecule has 1 atom stereocenters. The maximum Gasteiger partial charge on any atom is 0.315 e. The van der Waals surface area contributed by atoms with Crippen molar-refractivity contribution in [2.24, 2.45) is 0 Å². The molecule has 5 nitrogen and oxygen atoms in total. The Bertz CT molecular complexity index is 670. The van der Waals surface area contributed by atoms with Gasteiger partial charge in [0.05, 0.1) is 6.04 Å². The fraction of sp³-hybridized carbons (Fsp3) is 0.652. The van der Waals surface area contributed by atoms with E-state index in [-0.39, 0.29) is 36.3 Å². The smallest absolute Gasteiger partial charge is 0.315 e. The average molecular weight is 404 g/mol. The van der Waals surface area contributed by atoms with Crippen LogP contribution in [0.3, 0.4) is 0 Å². The van der Waals surface area contributed by atoms with E-state index in [4.69, 9.17) is 0 Å². The molecule has 0 spiro atoms. The third-order valence-corrected chi connectivity index (χ3v) is 6.02. The molecule has 2 N–H and O–H groups in total. The topological polar surface area (TPSA) is 61.4 Å². The van der Waals surface area contributed by atoms with Crippen LogP contribution in [0.1, 0.15) is 77.0 Å². The Labute approximate surface area is 173 Å². The molecule has 3 rings (SSSR count). The van der Waals surface area contributed by atoms with Gasteiger partial charge in [0.25, 0.3) is 0 Å². The molecular weight excluding hydrogens is 369 g/mol. The van der Waals surface area contributed by atoms with Gasteiger partial charge in [0.2, 0.25) is 5.91 Å². The molecule has 0 radical (unpaired) electrons. The largest absolute Gasteiger partial charge is 0.335 e. The van der Waals surface area contributed by atoms with Crippen LogP contribution in [0, 0.1) is 5.82 Å². The summed E-state index contributed by atoms with van der Waals surface area (Å²) in [5.41, 5.74) is 0.541. The van der Waals surface area contributed by atoms with Gasteiger partial charge in [-0.2, -0.15) is 0 Å². The minimum atomic E-state index is -0.369. The summed E-state index contributed by atoms with van der Waals surface area (Å²) in [4.78, 5) is 26.4. The first-order valence-electron chi connectivity index (χ1n) is 11.2. The van der Waals surface area contributed by atoms with E-state index in [0.717, 1.165) is 25.7 Å². The molecule has 1 saturated carbocycles. The number of carbonyl (C=O) groups is 2. The predicted octanol–water partition coefficient (Wildman–Crippen LogP) is 4.90. The first kappa shape index (κ1) is 21.6. The molecule has 29 heavy (non-hydrogen) atoms. The molecule has 3 amide bonds. The fourth-order valence-electron chi connectivity index (χ4n) is 4.42. The van der Waals surface area contributed by atoms with Gasteiger partial charge in [-0.25, -0.2) is 9.18 Å². The van der Waals surface area contributed by atoms with E-state index in [1.54, 1.807) is 17.0 Å². The zero-order valence-corrected chi connectivity index (χ0v) is 17.3. The van der Waals surface area contributed by atoms with Crippen LogP contribution in [0.5, 0.6) is 0 Å². The van der Waals surface area contributed by atoms with Crippen LogP contribution >= 0.6 is 0 Å². The molecule has 2 fully saturated rings. The molecule has 1 aliphatic carbocycles. The van der Waals surface area contributed by atoms with E-state index in [0.29, 0.717) is 12.2 Å². The summed E-state index contributed by atoms with van der Waals surface area (Å²) in [5, 5.41) is 6.09. The molecule has 2 aliphatic rings. The number of halogens is 1. The zero-order chi connectivity index (χ0) is 20.5. The Hall–Kier alpha value is -2.11. The zero-order valence-electron chi connectivity index (χ0n) is 17.3. The normalized spacial score (nSPS) is 22.6. The number of hydrogen-bond donors (Lipinski definition) is 2. The van der Waals surface area contributed by atoms with Crippen molar-refractivity contribution in [1.29, 1.82) is 0 Å². The number of urea groups is 1. The van der Waals surface area contributed by atoms with Gasteiger partial charge >= 0.3 is 6.03 Å². The number of anilines is 1. The van der Waals surface area contributed by atoms with Crippen molar-refractivity contribution in [3.63, 3.8) is 0 Å². The van der Waals surface area contributed by atoms with Crippen LogP contribution in [-0.2, 0) is 4.79 Å². The molecule has 0 bridgehead atoms. The summed E-state index contributed by atoms with van der Waals surface area (Å²) in [6, 6.07) is 5.77. The standard InChI is InChI=1S/C23H34FN3O2/c24-18-11-10-14-21(15-18)27-17-20(16-22(27)28)26-23(29)25-19-12-8-6-4-2-1-3-5-7-9-13-19/h10-11,14-15,19-20H,1-9,12-13,16-17H2,(H2,25,26,29)/t20-/m1/s1. The van der Waals surface area contributed by atoms with E-state index in [1.807, 2.05) is 0 Å². The highest BCUT2D eigenvalue weighted by molar-refractivity contribution is 5.96. The third kappa shape index (κ3) is 7.02. The number of nitrogens with one attached hydrogen (secondary N) is 2. The van der Waals surface area contributed by atoms with E-state index >= 15 is 0 Å². The number of amides is 3. The molecule has 6 heteroatoms. The number of hydrogen-bond acceptors (Lipinski definition) is 2. The van der Waals surface area contributed by atoms with Crippen LogP contribution < -0.4 is 15.5 Å². The van der Waals surface area contributed by atoms with Crippen LogP contribution in [0.4, 0.5) is 14.9 Å². The summed E-state index contributed by atoms with van der Waals surface area (Å²) in [6.07, 6.45) is 13.7. The van der Waals surface area contributed by atoms with Gasteiger partial charge in [0.15, 0.2) is 0 Å². The summed E-state index contributed by atoms with van der Waals surface area (Å²) < 4.78 is 13.5. The molecule has 1 aromatic carbocycles. The van der Waals surface area contributed by atoms with Gasteiger partial charge < -0.3 is 15.5 Å². The highest BCUT2D eigenvalue weighted by Crippen LogP contribution is 2.22. The minimum Gasteiger partial charge on any atom is -0.335 e. The van der Waals surface area contributed by atoms with Crippen LogP contribution in [0.25, 0.3) is 0 Å². The SMILES string of the molecule is O=C(NC1CCCCCCCCCCC1)N[C@@H]1CC(=O)N(c2cccc(F)c2)C1. The van der Waals surface area contributed by atoms with Crippen molar-refractivity contribution in [3.05, 3.63) is 30.1 Å². The van der Waals surface area contributed by atoms with E-state index in [2.05, 4.69) is 10.6 Å². The maximum absolute atomic E-state index is 13.5. The Morgan fingerprint density at radius 2 is 1.48 bits per heavy atom. The highest BCUT2D eigenvalue weighted by atomic mass is 19.1. The van der Waals surface area contributed by atoms with E-state index < -0.39 is 0 Å². The van der Waals surface area contributed by atoms with Gasteiger partial charge in [0.1, 0.15) is 5.82 Å². The second-order valence-electron chi connectivity index (χ2n) is 8.46. The lowest BCUT2D eigenvalue weighted by Crippen LogP contribution is -2.47. The lowest BCUT2D eigenvalue weighted by molar-refractivity contribution is -0.117. The molecular formula is C23H34FN3O2. The predicted molar refractivity (Wildman–Crippen MR) is 113 cm³/mol. The van der Waals surface area contributed by atoms with E-state index in [1.165, 1.54) is 57.1 Å². The van der Waals surface area contributed by atoms with Crippen LogP contribution in [0.15, 0.2) is 24.3 Å². The summed E-state index contributed by atoms with van der Waals surface area (Å²) >= 11 is 0. The van der Waals surface area contributed by atoms with Crippen LogP contribution in [-0.4, -0.2) is 30.6 Å². The summed E-state index contributed by atoms with van der Waals surface area (Å²) in [5.74, 6) is -0.459. The lowest BCUT2D eigenvalue weighted by Gasteiger charge is -2.22. The Morgan fingerprint density at radius 1 is 0.897 bits per heavy atom. The summed E-state index contributed by atoms with van der Waals surface area (Å²) in [6.45, 7) is 0.375. The molecule has 1 aromatic rings. The molecule has 0 aromatic heterocycles. The van der Waals surface area contributed by atoms with Gasteiger partial charge in [0, 0.05) is 24.7 Å². The van der Waals surface area contributed by atoms with Crippen molar-refractivity contribution in [1.82, 2.24) is 10.6 Å². The second kappa shape index (κ2) is 11.2. The summed E-state index contributed by atoms with van der Waals surface area (Å²) in [7, 11) is 0. The van der Waals surface area contributed by atoms with Crippen molar-refractivity contribution >= 4 is 17.6 Å². The van der Waals surface area contributed by atoms with Gasteiger partial charge in [-0.3, -0.25) is 4.79 Å². The molecule has 1 saturated heterocycles. The average Bonchev–Trinajstić information content (AvgIpc) is 3.04. The van der Waals surface area contributed by atoms with Gasteiger partial charge in [-0.15, -0.1) is 0 Å². The number of benzene rings is 1. The highest BCUT2D eigenvalue weighted by Gasteiger charge is 2.32. The third-order valence-electron chi connectivity index (χ3n) is 6.02. The minimum absolute atomic E-state index is 0.0908. The van der Waals surface area contributed by atoms with Crippen LogP contribution in [0.2, 0.25) is 0 Å². The molecule has 160 valence electrons. The Morgan fingerprint density at radius 3 is 2.10 bits per heavy atom. The second-order valence-corrected chi connectivity index (χ2v) is 8.46. The van der Waals surface area contributed by atoms with Crippen molar-refractivity contribution < 1.29 is 14.0 Å². The lowest BCUT2D eigenvalue weighted by atomic mass is 9.98. The van der Waals surface area contributed by atoms with Gasteiger partial charge in [-0.05, 0) is 31.0 Å².